The highest BCUT2D eigenvalue weighted by molar-refractivity contribution is 7.81. The van der Waals surface area contributed by atoms with Crippen LogP contribution < -0.4 is 5.73 Å². The Balaban J connectivity index is 3.95. The van der Waals surface area contributed by atoms with E-state index in [4.69, 9.17) is 5.73 Å². The Bertz CT molecular complexity index is 176. The Hall–Kier alpha value is -0.550. The lowest BCUT2D eigenvalue weighted by molar-refractivity contribution is -0.131. The molecule has 0 aliphatic heterocycles. The number of hydrogen-bond donors (Lipinski definition) is 2. The van der Waals surface area contributed by atoms with Crippen molar-refractivity contribution < 1.29 is 9.59 Å². The molecular formula is C8H16N2O2S. The number of nitrogens with zero attached hydrogens (tertiary/aromatic N) is 1. The lowest BCUT2D eigenvalue weighted by atomic mass is 10.3. The summed E-state index contributed by atoms with van der Waals surface area (Å²) in [5.41, 5.74) is 5.31. The van der Waals surface area contributed by atoms with Gasteiger partial charge in [-0.1, -0.05) is 0 Å². The molecular weight excluding hydrogens is 188 g/mol. The first-order valence-corrected chi connectivity index (χ1v) is 4.75. The van der Waals surface area contributed by atoms with E-state index in [1.807, 2.05) is 0 Å². The lowest BCUT2D eigenvalue weighted by Crippen LogP contribution is -2.37. The number of rotatable bonds is 6. The van der Waals surface area contributed by atoms with Gasteiger partial charge in [0.15, 0.2) is 6.29 Å². The first-order chi connectivity index (χ1) is 6.13. The van der Waals surface area contributed by atoms with Crippen molar-refractivity contribution in [3.63, 3.8) is 0 Å². The van der Waals surface area contributed by atoms with E-state index in [1.54, 1.807) is 0 Å². The van der Waals surface area contributed by atoms with Crippen LogP contribution in [-0.4, -0.2) is 35.6 Å². The molecule has 0 heterocycles. The van der Waals surface area contributed by atoms with E-state index in [-0.39, 0.29) is 5.91 Å². The minimum Gasteiger partial charge on any atom is -0.330 e. The third kappa shape index (κ3) is 4.90. The van der Waals surface area contributed by atoms with Crippen LogP contribution in [-0.2, 0) is 9.59 Å². The fourth-order valence-corrected chi connectivity index (χ4v) is 1.25. The van der Waals surface area contributed by atoms with Crippen molar-refractivity contribution in [3.8, 4) is 0 Å². The van der Waals surface area contributed by atoms with Gasteiger partial charge in [0.05, 0.1) is 0 Å². The molecule has 0 aliphatic carbocycles. The molecule has 13 heavy (non-hydrogen) atoms. The smallest absolute Gasteiger partial charge is 0.220 e. The number of amides is 1. The lowest BCUT2D eigenvalue weighted by Gasteiger charge is -2.23. The fraction of sp³-hybridized carbons (Fsp3) is 0.750. The van der Waals surface area contributed by atoms with Gasteiger partial charge in [-0.05, 0) is 19.4 Å². The van der Waals surface area contributed by atoms with E-state index >= 15 is 0 Å². The maximum atomic E-state index is 11.0. The van der Waals surface area contributed by atoms with Gasteiger partial charge < -0.3 is 15.4 Å². The van der Waals surface area contributed by atoms with E-state index in [1.165, 1.54) is 11.8 Å². The third-order valence-corrected chi connectivity index (χ3v) is 2.10. The van der Waals surface area contributed by atoms with Crippen LogP contribution in [0.25, 0.3) is 0 Å². The Kier molecular flexibility index (Phi) is 6.62. The van der Waals surface area contributed by atoms with Crippen molar-refractivity contribution in [1.29, 1.82) is 0 Å². The number of unbranched alkanes of at least 4 members (excludes halogenated alkanes) is 1. The van der Waals surface area contributed by atoms with Crippen molar-refractivity contribution in [2.75, 3.05) is 13.1 Å². The highest BCUT2D eigenvalue weighted by atomic mass is 32.1. The number of carbonyl (C=O) groups is 2. The summed E-state index contributed by atoms with van der Waals surface area (Å²) in [6.45, 7) is 2.57. The molecule has 0 aromatic heterocycles. The van der Waals surface area contributed by atoms with Crippen LogP contribution in [0.2, 0.25) is 0 Å². The van der Waals surface area contributed by atoms with Gasteiger partial charge in [0.2, 0.25) is 5.91 Å². The van der Waals surface area contributed by atoms with Gasteiger partial charge in [-0.2, -0.15) is 0 Å². The average Bonchev–Trinajstić information content (AvgIpc) is 2.11. The molecule has 0 saturated carbocycles. The molecule has 1 atom stereocenters. The summed E-state index contributed by atoms with van der Waals surface area (Å²) in [5, 5.41) is -0.629. The molecule has 76 valence electrons. The quantitative estimate of drug-likeness (QED) is 0.278. The highest BCUT2D eigenvalue weighted by Crippen LogP contribution is 2.04. The van der Waals surface area contributed by atoms with Gasteiger partial charge in [0.25, 0.3) is 0 Å². The molecule has 0 aromatic rings. The van der Waals surface area contributed by atoms with E-state index in [0.29, 0.717) is 19.4 Å². The predicted octanol–water partition coefficient (Wildman–Crippen LogP) is 0.0286. The summed E-state index contributed by atoms with van der Waals surface area (Å²) >= 11 is 3.97. The summed E-state index contributed by atoms with van der Waals surface area (Å²) in [6.07, 6.45) is 2.30. The maximum absolute atomic E-state index is 11.0. The largest absolute Gasteiger partial charge is 0.330 e. The number of carbonyl (C=O) groups excluding carboxylic acids is 2. The molecule has 2 N–H and O–H groups in total. The van der Waals surface area contributed by atoms with E-state index < -0.39 is 5.37 Å². The standard InChI is InChI=1S/C8H16N2O2S/c1-7(12)10(8(13)6-11)5-3-2-4-9/h6,8,13H,2-5,9H2,1H3. The van der Waals surface area contributed by atoms with Crippen molar-refractivity contribution >= 4 is 24.8 Å². The van der Waals surface area contributed by atoms with Crippen LogP contribution in [0.3, 0.4) is 0 Å². The summed E-state index contributed by atoms with van der Waals surface area (Å²) in [7, 11) is 0. The van der Waals surface area contributed by atoms with Crippen molar-refractivity contribution in [1.82, 2.24) is 4.90 Å². The van der Waals surface area contributed by atoms with Crippen LogP contribution in [0.4, 0.5) is 0 Å². The van der Waals surface area contributed by atoms with E-state index in [2.05, 4.69) is 12.6 Å². The maximum Gasteiger partial charge on any atom is 0.220 e. The van der Waals surface area contributed by atoms with E-state index in [0.717, 1.165) is 12.8 Å². The third-order valence-electron chi connectivity index (χ3n) is 1.70. The van der Waals surface area contributed by atoms with Crippen LogP contribution in [0.15, 0.2) is 0 Å². The average molecular weight is 204 g/mol. The molecule has 0 aromatic carbocycles. The first-order valence-electron chi connectivity index (χ1n) is 4.24. The van der Waals surface area contributed by atoms with E-state index in [9.17, 15) is 9.59 Å². The second kappa shape index (κ2) is 6.91. The second-order valence-corrected chi connectivity index (χ2v) is 3.29. The SMILES string of the molecule is CC(=O)N(CCCCN)C(S)C=O. The van der Waals surface area contributed by atoms with Gasteiger partial charge in [0.1, 0.15) is 5.37 Å². The van der Waals surface area contributed by atoms with Gasteiger partial charge >= 0.3 is 0 Å². The monoisotopic (exact) mass is 204 g/mol. The van der Waals surface area contributed by atoms with Crippen LogP contribution in [0.1, 0.15) is 19.8 Å². The minimum absolute atomic E-state index is 0.135. The zero-order valence-electron chi connectivity index (χ0n) is 7.77. The van der Waals surface area contributed by atoms with Gasteiger partial charge in [-0.15, -0.1) is 12.6 Å². The van der Waals surface area contributed by atoms with Crippen LogP contribution in [0, 0.1) is 0 Å². The van der Waals surface area contributed by atoms with Crippen molar-refractivity contribution in [3.05, 3.63) is 0 Å². The molecule has 1 amide bonds. The van der Waals surface area contributed by atoms with Gasteiger partial charge in [-0.25, -0.2) is 0 Å². The number of nitrogens with two attached hydrogens (primary N) is 1. The van der Waals surface area contributed by atoms with Crippen molar-refractivity contribution in [2.45, 2.75) is 25.1 Å². The Morgan fingerprint density at radius 3 is 2.62 bits per heavy atom. The molecule has 0 radical (unpaired) electrons. The summed E-state index contributed by atoms with van der Waals surface area (Å²) in [5.74, 6) is -0.135. The Labute approximate surface area is 83.9 Å². The van der Waals surface area contributed by atoms with Crippen LogP contribution >= 0.6 is 12.6 Å². The zero-order valence-corrected chi connectivity index (χ0v) is 8.67. The van der Waals surface area contributed by atoms with Crippen molar-refractivity contribution in [2.24, 2.45) is 5.73 Å². The van der Waals surface area contributed by atoms with Gasteiger partial charge in [0, 0.05) is 13.5 Å². The summed E-state index contributed by atoms with van der Waals surface area (Å²) in [6, 6.07) is 0. The molecule has 4 nitrogen and oxygen atoms in total. The molecule has 0 rings (SSSR count). The molecule has 0 saturated heterocycles. The number of aldehydes is 1. The fourth-order valence-electron chi connectivity index (χ4n) is 0.976. The molecule has 1 unspecified atom stereocenters. The van der Waals surface area contributed by atoms with Gasteiger partial charge in [-0.3, -0.25) is 4.79 Å². The minimum atomic E-state index is -0.629. The zero-order chi connectivity index (χ0) is 10.3. The topological polar surface area (TPSA) is 63.4 Å². The number of thiol groups is 1. The molecule has 0 aliphatic rings. The van der Waals surface area contributed by atoms with Crippen LogP contribution in [0.5, 0.6) is 0 Å². The summed E-state index contributed by atoms with van der Waals surface area (Å²) < 4.78 is 0. The molecule has 0 bridgehead atoms. The summed E-state index contributed by atoms with van der Waals surface area (Å²) in [4.78, 5) is 22.8. The predicted molar refractivity (Wildman–Crippen MR) is 54.5 cm³/mol. The number of hydrogen-bond acceptors (Lipinski definition) is 4. The molecule has 0 spiro atoms. The molecule has 5 heteroatoms. The molecule has 0 fully saturated rings. The Morgan fingerprint density at radius 2 is 2.23 bits per heavy atom. The Morgan fingerprint density at radius 1 is 1.62 bits per heavy atom. The first kappa shape index (κ1) is 12.4. The normalized spacial score (nSPS) is 12.2. The highest BCUT2D eigenvalue weighted by Gasteiger charge is 2.15. The second-order valence-electron chi connectivity index (χ2n) is 2.76.